The lowest BCUT2D eigenvalue weighted by atomic mass is 10.2. The van der Waals surface area contributed by atoms with E-state index in [1.165, 1.54) is 11.3 Å². The smallest absolute Gasteiger partial charge is 0.178 e. The number of hydrogen-bond donors (Lipinski definition) is 1. The zero-order chi connectivity index (χ0) is 8.97. The van der Waals surface area contributed by atoms with E-state index in [2.05, 4.69) is 21.2 Å². The van der Waals surface area contributed by atoms with Crippen LogP contribution in [0.4, 0.5) is 0 Å². The molecule has 0 bridgehead atoms. The summed E-state index contributed by atoms with van der Waals surface area (Å²) in [5.74, 6) is 0.143. The average Bonchev–Trinajstić information content (AvgIpc) is 2.47. The number of carbonyl (C=O) groups is 1. The average molecular weight is 248 g/mol. The Labute approximate surface area is 84.1 Å². The Kier molecular flexibility index (Phi) is 3.91. The molecule has 2 nitrogen and oxygen atoms in total. The molecular weight excluding hydrogens is 238 g/mol. The van der Waals surface area contributed by atoms with Gasteiger partial charge in [-0.25, -0.2) is 0 Å². The summed E-state index contributed by atoms with van der Waals surface area (Å²) in [5, 5.41) is 6.78. The van der Waals surface area contributed by atoms with Crippen molar-refractivity contribution in [2.45, 2.75) is 6.92 Å². The number of carbonyl (C=O) groups excluding carboxylic acids is 1. The number of thiophene rings is 1. The van der Waals surface area contributed by atoms with E-state index >= 15 is 0 Å². The first kappa shape index (κ1) is 9.89. The molecule has 0 amide bonds. The quantitative estimate of drug-likeness (QED) is 0.828. The molecule has 4 heteroatoms. The van der Waals surface area contributed by atoms with Crippen molar-refractivity contribution in [2.75, 3.05) is 13.1 Å². The van der Waals surface area contributed by atoms with Crippen LogP contribution in [0.1, 0.15) is 17.3 Å². The molecule has 1 aromatic heterocycles. The summed E-state index contributed by atoms with van der Waals surface area (Å²) in [7, 11) is 0. The van der Waals surface area contributed by atoms with Crippen molar-refractivity contribution in [1.29, 1.82) is 0 Å². The number of halogens is 1. The minimum Gasteiger partial charge on any atom is -0.310 e. The van der Waals surface area contributed by atoms with Crippen LogP contribution < -0.4 is 5.32 Å². The zero-order valence-electron chi connectivity index (χ0n) is 6.76. The molecule has 1 rings (SSSR count). The number of rotatable bonds is 4. The van der Waals surface area contributed by atoms with E-state index in [-0.39, 0.29) is 5.78 Å². The van der Waals surface area contributed by atoms with E-state index in [9.17, 15) is 4.79 Å². The van der Waals surface area contributed by atoms with Crippen molar-refractivity contribution < 1.29 is 4.79 Å². The van der Waals surface area contributed by atoms with Gasteiger partial charge in [0, 0.05) is 20.8 Å². The fourth-order valence-corrected chi connectivity index (χ4v) is 2.33. The molecule has 1 heterocycles. The maximum Gasteiger partial charge on any atom is 0.178 e. The van der Waals surface area contributed by atoms with Crippen LogP contribution in [0.15, 0.2) is 15.2 Å². The Balaban J connectivity index is 2.59. The minimum atomic E-state index is 0.143. The third-order valence-electron chi connectivity index (χ3n) is 1.45. The van der Waals surface area contributed by atoms with Crippen LogP contribution in [0.2, 0.25) is 0 Å². The van der Waals surface area contributed by atoms with Crippen LogP contribution in [0.5, 0.6) is 0 Å². The van der Waals surface area contributed by atoms with Gasteiger partial charge in [-0.1, -0.05) is 6.92 Å². The van der Waals surface area contributed by atoms with E-state index in [1.54, 1.807) is 0 Å². The third-order valence-corrected chi connectivity index (χ3v) is 3.15. The highest BCUT2D eigenvalue weighted by molar-refractivity contribution is 9.10. The van der Waals surface area contributed by atoms with E-state index in [4.69, 9.17) is 0 Å². The van der Waals surface area contributed by atoms with Gasteiger partial charge in [0.25, 0.3) is 0 Å². The van der Waals surface area contributed by atoms with E-state index < -0.39 is 0 Å². The summed E-state index contributed by atoms with van der Waals surface area (Å²) < 4.78 is 0.899. The van der Waals surface area contributed by atoms with Crippen LogP contribution in [-0.4, -0.2) is 18.9 Å². The van der Waals surface area contributed by atoms with Gasteiger partial charge in [0.2, 0.25) is 0 Å². The Morgan fingerprint density at radius 1 is 1.67 bits per heavy atom. The first-order valence-corrected chi connectivity index (χ1v) is 5.45. The van der Waals surface area contributed by atoms with Crippen LogP contribution in [0.25, 0.3) is 0 Å². The van der Waals surface area contributed by atoms with Crippen molar-refractivity contribution in [3.05, 3.63) is 20.8 Å². The fraction of sp³-hybridized carbons (Fsp3) is 0.375. The molecule has 0 atom stereocenters. The first-order valence-electron chi connectivity index (χ1n) is 3.71. The molecule has 0 radical (unpaired) electrons. The second-order valence-electron chi connectivity index (χ2n) is 2.34. The number of ketones is 1. The Hall–Kier alpha value is -0.190. The van der Waals surface area contributed by atoms with Crippen LogP contribution >= 0.6 is 27.3 Å². The van der Waals surface area contributed by atoms with Crippen LogP contribution in [0.3, 0.4) is 0 Å². The van der Waals surface area contributed by atoms with Gasteiger partial charge in [-0.15, -0.1) is 0 Å². The summed E-state index contributed by atoms with van der Waals surface area (Å²) in [4.78, 5) is 11.4. The Bertz CT molecular complexity index is 272. The maximum atomic E-state index is 11.4. The molecule has 0 saturated heterocycles. The zero-order valence-corrected chi connectivity index (χ0v) is 9.17. The lowest BCUT2D eigenvalue weighted by Crippen LogP contribution is -2.22. The molecule has 0 fully saturated rings. The van der Waals surface area contributed by atoms with Crippen molar-refractivity contribution in [1.82, 2.24) is 5.32 Å². The molecule has 0 aliphatic heterocycles. The molecular formula is C8H10BrNOS. The standard InChI is InChI=1S/C8H10BrNOS/c1-2-10-3-8(11)6-4-12-5-7(6)9/h4-5,10H,2-3H2,1H3. The SMILES string of the molecule is CCNCC(=O)c1cscc1Br. The third kappa shape index (κ3) is 2.40. The van der Waals surface area contributed by atoms with Gasteiger partial charge in [-0.2, -0.15) is 11.3 Å². The largest absolute Gasteiger partial charge is 0.310 e. The van der Waals surface area contributed by atoms with E-state index in [1.807, 2.05) is 17.7 Å². The first-order chi connectivity index (χ1) is 5.75. The van der Waals surface area contributed by atoms with Crippen LogP contribution in [0, 0.1) is 0 Å². The van der Waals surface area contributed by atoms with Gasteiger partial charge in [0.05, 0.1) is 6.54 Å². The molecule has 0 saturated carbocycles. The number of likely N-dealkylation sites (N-methyl/N-ethyl adjacent to an activating group) is 1. The second kappa shape index (κ2) is 4.74. The molecule has 0 spiro atoms. The van der Waals surface area contributed by atoms with Gasteiger partial charge < -0.3 is 5.32 Å². The number of Topliss-reactive ketones (excluding diaryl/α,β-unsaturated/α-hetero) is 1. The van der Waals surface area contributed by atoms with E-state index in [0.29, 0.717) is 6.54 Å². The van der Waals surface area contributed by atoms with Gasteiger partial charge in [0.15, 0.2) is 5.78 Å². The summed E-state index contributed by atoms with van der Waals surface area (Å²) in [6, 6.07) is 0. The van der Waals surface area contributed by atoms with Gasteiger partial charge in [-0.05, 0) is 22.5 Å². The number of hydrogen-bond acceptors (Lipinski definition) is 3. The summed E-state index contributed by atoms with van der Waals surface area (Å²) >= 11 is 4.85. The van der Waals surface area contributed by atoms with Crippen molar-refractivity contribution in [2.24, 2.45) is 0 Å². The highest BCUT2D eigenvalue weighted by Crippen LogP contribution is 2.21. The molecule has 0 unspecified atom stereocenters. The molecule has 0 aliphatic carbocycles. The van der Waals surface area contributed by atoms with Crippen molar-refractivity contribution in [3.63, 3.8) is 0 Å². The molecule has 66 valence electrons. The Morgan fingerprint density at radius 2 is 2.42 bits per heavy atom. The summed E-state index contributed by atoms with van der Waals surface area (Å²) in [6.07, 6.45) is 0. The molecule has 0 aliphatic rings. The lowest BCUT2D eigenvalue weighted by molar-refractivity contribution is 0.0991. The van der Waals surface area contributed by atoms with Gasteiger partial charge in [-0.3, -0.25) is 4.79 Å². The normalized spacial score (nSPS) is 10.2. The molecule has 1 N–H and O–H groups in total. The van der Waals surface area contributed by atoms with E-state index in [0.717, 1.165) is 16.6 Å². The topological polar surface area (TPSA) is 29.1 Å². The molecule has 0 aromatic carbocycles. The van der Waals surface area contributed by atoms with Crippen LogP contribution in [-0.2, 0) is 0 Å². The monoisotopic (exact) mass is 247 g/mol. The van der Waals surface area contributed by atoms with Gasteiger partial charge in [0.1, 0.15) is 0 Å². The lowest BCUT2D eigenvalue weighted by Gasteiger charge is -1.98. The summed E-state index contributed by atoms with van der Waals surface area (Å²) in [6.45, 7) is 3.23. The fourth-order valence-electron chi connectivity index (χ4n) is 0.814. The van der Waals surface area contributed by atoms with Gasteiger partial charge >= 0.3 is 0 Å². The second-order valence-corrected chi connectivity index (χ2v) is 3.93. The highest BCUT2D eigenvalue weighted by Gasteiger charge is 2.09. The predicted molar refractivity (Wildman–Crippen MR) is 54.9 cm³/mol. The maximum absolute atomic E-state index is 11.4. The minimum absolute atomic E-state index is 0.143. The van der Waals surface area contributed by atoms with Crippen molar-refractivity contribution >= 4 is 33.0 Å². The highest BCUT2D eigenvalue weighted by atomic mass is 79.9. The summed E-state index contributed by atoms with van der Waals surface area (Å²) in [5.41, 5.74) is 0.779. The number of nitrogens with one attached hydrogen (secondary N) is 1. The predicted octanol–water partition coefficient (Wildman–Crippen LogP) is 2.30. The molecule has 1 aromatic rings. The van der Waals surface area contributed by atoms with Crippen molar-refractivity contribution in [3.8, 4) is 0 Å². The Morgan fingerprint density at radius 3 is 2.92 bits per heavy atom. The molecule has 12 heavy (non-hydrogen) atoms.